The van der Waals surface area contributed by atoms with Gasteiger partial charge in [-0.05, 0) is 35.0 Å². The highest BCUT2D eigenvalue weighted by Gasteiger charge is 2.18. The second-order valence-electron chi connectivity index (χ2n) is 5.33. The van der Waals surface area contributed by atoms with Gasteiger partial charge in [-0.3, -0.25) is 0 Å². The summed E-state index contributed by atoms with van der Waals surface area (Å²) >= 11 is 0. The van der Waals surface area contributed by atoms with Crippen LogP contribution in [0.25, 0.3) is 21.8 Å². The lowest BCUT2D eigenvalue weighted by atomic mass is 10.1. The maximum atomic E-state index is 12.7. The molecule has 0 spiro atoms. The van der Waals surface area contributed by atoms with Crippen molar-refractivity contribution in [3.05, 3.63) is 66.7 Å². The van der Waals surface area contributed by atoms with Crippen molar-refractivity contribution in [2.24, 2.45) is 0 Å². The van der Waals surface area contributed by atoms with Crippen LogP contribution >= 0.6 is 0 Å². The lowest BCUT2D eigenvalue weighted by molar-refractivity contribution is 0.574. The average molecular weight is 323 g/mol. The summed E-state index contributed by atoms with van der Waals surface area (Å²) < 4.78 is 26.8. The van der Waals surface area contributed by atoms with Gasteiger partial charge >= 0.3 is 0 Å². The highest BCUT2D eigenvalue weighted by atomic mass is 32.2. The van der Waals surface area contributed by atoms with Gasteiger partial charge in [-0.2, -0.15) is 0 Å². The summed E-state index contributed by atoms with van der Waals surface area (Å²) in [5, 5.41) is 9.86. The predicted octanol–water partition coefficient (Wildman–Crippen LogP) is 3.02. The lowest BCUT2D eigenvalue weighted by Gasteiger charge is -2.06. The lowest BCUT2D eigenvalue weighted by Crippen LogP contribution is -2.12. The molecular weight excluding hydrogens is 310 g/mol. The van der Waals surface area contributed by atoms with E-state index in [9.17, 15) is 8.42 Å². The van der Waals surface area contributed by atoms with Crippen LogP contribution in [0, 0.1) is 0 Å². The second kappa shape index (κ2) is 5.17. The molecule has 4 rings (SSSR count). The van der Waals surface area contributed by atoms with Gasteiger partial charge in [0.05, 0.1) is 10.4 Å². The molecule has 0 atom stereocenters. The maximum Gasteiger partial charge on any atom is 0.198 e. The van der Waals surface area contributed by atoms with E-state index in [2.05, 4.69) is 10.3 Å². The Kier molecular flexibility index (Phi) is 3.12. The van der Waals surface area contributed by atoms with E-state index in [0.29, 0.717) is 11.0 Å². The van der Waals surface area contributed by atoms with Crippen molar-refractivity contribution in [3.63, 3.8) is 0 Å². The smallest absolute Gasteiger partial charge is 0.198 e. The number of aromatic nitrogens is 3. The van der Waals surface area contributed by atoms with Gasteiger partial charge in [0.25, 0.3) is 0 Å². The number of para-hydroxylation sites is 1. The molecule has 0 aliphatic rings. The molecule has 0 aliphatic heterocycles. The van der Waals surface area contributed by atoms with Crippen molar-refractivity contribution < 1.29 is 8.42 Å². The van der Waals surface area contributed by atoms with E-state index in [4.69, 9.17) is 0 Å². The molecule has 0 saturated carbocycles. The Labute approximate surface area is 133 Å². The molecule has 6 heteroatoms. The minimum atomic E-state index is -3.51. The Morgan fingerprint density at radius 3 is 2.48 bits per heavy atom. The minimum absolute atomic E-state index is 0.230. The molecule has 0 unspecified atom stereocenters. The summed E-state index contributed by atoms with van der Waals surface area (Å²) in [5.74, 6) is -0.230. The van der Waals surface area contributed by atoms with E-state index < -0.39 is 9.84 Å². The van der Waals surface area contributed by atoms with Gasteiger partial charge in [0.2, 0.25) is 0 Å². The van der Waals surface area contributed by atoms with Crippen molar-refractivity contribution in [1.82, 2.24) is 15.0 Å². The van der Waals surface area contributed by atoms with Crippen molar-refractivity contribution in [1.29, 1.82) is 0 Å². The summed E-state index contributed by atoms with van der Waals surface area (Å²) in [7, 11) is -3.51. The fraction of sp³-hybridized carbons (Fsp3) is 0.0588. The van der Waals surface area contributed by atoms with Gasteiger partial charge in [0.1, 0.15) is 11.4 Å². The Morgan fingerprint density at radius 1 is 0.870 bits per heavy atom. The van der Waals surface area contributed by atoms with Crippen LogP contribution in [0.3, 0.4) is 0 Å². The number of hydrogen-bond acceptors (Lipinski definition) is 4. The quantitative estimate of drug-likeness (QED) is 0.581. The van der Waals surface area contributed by atoms with E-state index in [0.717, 1.165) is 10.8 Å². The summed E-state index contributed by atoms with van der Waals surface area (Å²) in [6.07, 6.45) is 0. The average Bonchev–Trinajstić information content (AvgIpc) is 2.97. The first-order chi connectivity index (χ1) is 11.1. The highest BCUT2D eigenvalue weighted by Crippen LogP contribution is 2.21. The van der Waals surface area contributed by atoms with E-state index in [1.54, 1.807) is 12.1 Å². The molecule has 4 aromatic rings. The number of hydrogen-bond donors (Lipinski definition) is 0. The van der Waals surface area contributed by atoms with Crippen LogP contribution in [0.1, 0.15) is 0 Å². The van der Waals surface area contributed by atoms with Crippen LogP contribution in [0.2, 0.25) is 0 Å². The number of benzene rings is 3. The topological polar surface area (TPSA) is 64.8 Å². The third-order valence-electron chi connectivity index (χ3n) is 3.79. The molecule has 0 fully saturated rings. The SMILES string of the molecule is O=S(=O)(Cn1nnc2ccccc21)c1ccc2ccccc2c1. The van der Waals surface area contributed by atoms with Gasteiger partial charge in [-0.25, -0.2) is 13.1 Å². The summed E-state index contributed by atoms with van der Waals surface area (Å²) in [6, 6.07) is 20.1. The molecule has 0 N–H and O–H groups in total. The number of rotatable bonds is 3. The third-order valence-corrected chi connectivity index (χ3v) is 5.35. The summed E-state index contributed by atoms with van der Waals surface area (Å²) in [4.78, 5) is 0.288. The molecule has 23 heavy (non-hydrogen) atoms. The van der Waals surface area contributed by atoms with Crippen LogP contribution in [0.5, 0.6) is 0 Å². The number of fused-ring (bicyclic) bond motifs is 2. The fourth-order valence-electron chi connectivity index (χ4n) is 2.61. The van der Waals surface area contributed by atoms with Crippen molar-refractivity contribution in [3.8, 4) is 0 Å². The molecule has 1 heterocycles. The van der Waals surface area contributed by atoms with Crippen LogP contribution < -0.4 is 0 Å². The molecule has 3 aromatic carbocycles. The van der Waals surface area contributed by atoms with Crippen LogP contribution in [0.4, 0.5) is 0 Å². The fourth-order valence-corrected chi connectivity index (χ4v) is 3.85. The molecule has 114 valence electrons. The summed E-state index contributed by atoms with van der Waals surface area (Å²) in [5.41, 5.74) is 1.39. The summed E-state index contributed by atoms with van der Waals surface area (Å²) in [6.45, 7) is 0. The normalized spacial score (nSPS) is 12.0. The van der Waals surface area contributed by atoms with Gasteiger partial charge in [0.15, 0.2) is 9.84 Å². The van der Waals surface area contributed by atoms with Crippen LogP contribution in [0.15, 0.2) is 71.6 Å². The van der Waals surface area contributed by atoms with E-state index >= 15 is 0 Å². The van der Waals surface area contributed by atoms with Gasteiger partial charge in [-0.1, -0.05) is 47.7 Å². The standard InChI is InChI=1S/C17H13N3O2S/c21-23(22,12-20-17-8-4-3-7-16(17)18-19-20)15-10-9-13-5-1-2-6-14(13)11-15/h1-11H,12H2. The van der Waals surface area contributed by atoms with Crippen LogP contribution in [-0.2, 0) is 15.7 Å². The minimum Gasteiger partial charge on any atom is -0.229 e. The Morgan fingerprint density at radius 2 is 1.61 bits per heavy atom. The van der Waals surface area contributed by atoms with Crippen molar-refractivity contribution >= 4 is 31.6 Å². The maximum absolute atomic E-state index is 12.7. The highest BCUT2D eigenvalue weighted by molar-refractivity contribution is 7.90. The van der Waals surface area contributed by atoms with Crippen molar-refractivity contribution in [2.45, 2.75) is 10.8 Å². The zero-order valence-corrected chi connectivity index (χ0v) is 12.9. The Hall–Kier alpha value is -2.73. The molecule has 0 saturated heterocycles. The molecule has 5 nitrogen and oxygen atoms in total. The molecule has 1 aromatic heterocycles. The third kappa shape index (κ3) is 2.47. The molecular formula is C17H13N3O2S. The number of sulfone groups is 1. The van der Waals surface area contributed by atoms with E-state index in [1.807, 2.05) is 54.6 Å². The molecule has 0 aliphatic carbocycles. The van der Waals surface area contributed by atoms with Crippen LogP contribution in [-0.4, -0.2) is 23.4 Å². The number of nitrogens with zero attached hydrogens (tertiary/aromatic N) is 3. The zero-order valence-electron chi connectivity index (χ0n) is 12.1. The first-order valence-electron chi connectivity index (χ1n) is 7.13. The predicted molar refractivity (Wildman–Crippen MR) is 88.7 cm³/mol. The Balaban J connectivity index is 1.77. The first-order valence-corrected chi connectivity index (χ1v) is 8.78. The molecule has 0 bridgehead atoms. The first kappa shape index (κ1) is 13.9. The molecule has 0 amide bonds. The largest absolute Gasteiger partial charge is 0.229 e. The van der Waals surface area contributed by atoms with Gasteiger partial charge < -0.3 is 0 Å². The Bertz CT molecular complexity index is 1120. The van der Waals surface area contributed by atoms with Gasteiger partial charge in [-0.15, -0.1) is 5.10 Å². The monoisotopic (exact) mass is 323 g/mol. The second-order valence-corrected chi connectivity index (χ2v) is 7.29. The van der Waals surface area contributed by atoms with Crippen molar-refractivity contribution in [2.75, 3.05) is 0 Å². The zero-order chi connectivity index (χ0) is 15.9. The molecule has 0 radical (unpaired) electrons. The van der Waals surface area contributed by atoms with E-state index in [-0.39, 0.29) is 10.8 Å². The van der Waals surface area contributed by atoms with E-state index in [1.165, 1.54) is 4.68 Å². The van der Waals surface area contributed by atoms with Gasteiger partial charge in [0, 0.05) is 0 Å².